The Morgan fingerprint density at radius 1 is 1.71 bits per heavy atom. The van der Waals surface area contributed by atoms with E-state index in [-0.39, 0.29) is 11.6 Å². The molecule has 0 radical (unpaired) electrons. The Balaban J connectivity index is 2.68. The van der Waals surface area contributed by atoms with Crippen molar-refractivity contribution in [1.82, 2.24) is 10.5 Å². The number of aryl methyl sites for hydroxylation is 1. The Kier molecular flexibility index (Phi) is 3.23. The summed E-state index contributed by atoms with van der Waals surface area (Å²) in [6, 6.07) is 1.58. The summed E-state index contributed by atoms with van der Waals surface area (Å²) in [4.78, 5) is 11.4. The van der Waals surface area contributed by atoms with Crippen LogP contribution in [0.4, 0.5) is 0 Å². The van der Waals surface area contributed by atoms with Crippen molar-refractivity contribution >= 4 is 5.91 Å². The molecule has 0 aliphatic rings. The van der Waals surface area contributed by atoms with Crippen molar-refractivity contribution < 1.29 is 9.32 Å². The van der Waals surface area contributed by atoms with Crippen LogP contribution in [0.5, 0.6) is 0 Å². The van der Waals surface area contributed by atoms with Gasteiger partial charge in [0.15, 0.2) is 5.69 Å². The lowest BCUT2D eigenvalue weighted by Crippen LogP contribution is -2.21. The Bertz CT molecular complexity index is 377. The highest BCUT2D eigenvalue weighted by atomic mass is 16.5. The fraction of sp³-hybridized carbons (Fsp3) is 0.200. The Hall–Kier alpha value is -1.84. The van der Waals surface area contributed by atoms with Crippen molar-refractivity contribution in [3.63, 3.8) is 0 Å². The SMILES string of the molecule is C=C/C=C(\C)NC(=O)c1cc(C)on1. The molecule has 0 fully saturated rings. The molecule has 0 saturated carbocycles. The predicted molar refractivity (Wildman–Crippen MR) is 52.7 cm³/mol. The molecular formula is C10H12N2O2. The van der Waals surface area contributed by atoms with Gasteiger partial charge < -0.3 is 9.84 Å². The van der Waals surface area contributed by atoms with Gasteiger partial charge in [-0.05, 0) is 19.9 Å². The number of nitrogens with one attached hydrogen (secondary N) is 1. The van der Waals surface area contributed by atoms with Gasteiger partial charge in [-0.2, -0.15) is 0 Å². The fourth-order valence-electron chi connectivity index (χ4n) is 0.935. The van der Waals surface area contributed by atoms with E-state index in [1.54, 1.807) is 32.1 Å². The fourth-order valence-corrected chi connectivity index (χ4v) is 0.935. The molecule has 0 bridgehead atoms. The summed E-state index contributed by atoms with van der Waals surface area (Å²) in [5, 5.41) is 6.23. The lowest BCUT2D eigenvalue weighted by Gasteiger charge is -2.00. The van der Waals surface area contributed by atoms with E-state index >= 15 is 0 Å². The summed E-state index contributed by atoms with van der Waals surface area (Å²) >= 11 is 0. The van der Waals surface area contributed by atoms with E-state index in [0.717, 1.165) is 0 Å². The number of rotatable bonds is 3. The minimum atomic E-state index is -0.280. The molecule has 4 nitrogen and oxygen atoms in total. The number of carbonyl (C=O) groups is 1. The quantitative estimate of drug-likeness (QED) is 0.743. The van der Waals surface area contributed by atoms with Gasteiger partial charge in [0, 0.05) is 11.8 Å². The van der Waals surface area contributed by atoms with Crippen molar-refractivity contribution in [2.45, 2.75) is 13.8 Å². The van der Waals surface area contributed by atoms with Crippen molar-refractivity contribution in [3.8, 4) is 0 Å². The number of aromatic nitrogens is 1. The summed E-state index contributed by atoms with van der Waals surface area (Å²) in [6.45, 7) is 7.03. The third-order valence-electron chi connectivity index (χ3n) is 1.54. The molecule has 0 unspecified atom stereocenters. The molecule has 1 N–H and O–H groups in total. The lowest BCUT2D eigenvalue weighted by atomic mass is 10.3. The third-order valence-corrected chi connectivity index (χ3v) is 1.54. The zero-order valence-electron chi connectivity index (χ0n) is 8.20. The molecule has 14 heavy (non-hydrogen) atoms. The van der Waals surface area contributed by atoms with Crippen LogP contribution in [0.2, 0.25) is 0 Å². The second-order valence-electron chi connectivity index (χ2n) is 2.86. The van der Waals surface area contributed by atoms with E-state index in [1.165, 1.54) is 0 Å². The molecule has 1 aromatic heterocycles. The second kappa shape index (κ2) is 4.41. The first-order valence-corrected chi connectivity index (χ1v) is 4.17. The Morgan fingerprint density at radius 3 is 2.93 bits per heavy atom. The average molecular weight is 192 g/mol. The van der Waals surface area contributed by atoms with Crippen LogP contribution in [0, 0.1) is 6.92 Å². The largest absolute Gasteiger partial charge is 0.361 e. The van der Waals surface area contributed by atoms with Crippen LogP contribution in [0.15, 0.2) is 35.0 Å². The zero-order chi connectivity index (χ0) is 10.6. The predicted octanol–water partition coefficient (Wildman–Crippen LogP) is 1.80. The summed E-state index contributed by atoms with van der Waals surface area (Å²) in [5.41, 5.74) is 0.991. The third kappa shape index (κ3) is 2.58. The number of carbonyl (C=O) groups excluding carboxylic acids is 1. The van der Waals surface area contributed by atoms with E-state index in [9.17, 15) is 4.79 Å². The van der Waals surface area contributed by atoms with E-state index in [1.807, 2.05) is 0 Å². The monoisotopic (exact) mass is 192 g/mol. The van der Waals surface area contributed by atoms with Crippen molar-refractivity contribution in [2.75, 3.05) is 0 Å². The Morgan fingerprint density at radius 2 is 2.43 bits per heavy atom. The van der Waals surface area contributed by atoms with E-state index in [4.69, 9.17) is 4.52 Å². The van der Waals surface area contributed by atoms with E-state index < -0.39 is 0 Å². The van der Waals surface area contributed by atoms with E-state index in [0.29, 0.717) is 11.5 Å². The summed E-state index contributed by atoms with van der Waals surface area (Å²) < 4.78 is 4.78. The maximum atomic E-state index is 11.4. The first-order chi connectivity index (χ1) is 6.63. The number of nitrogens with zero attached hydrogens (tertiary/aromatic N) is 1. The Labute approximate surface area is 82.3 Å². The highest BCUT2D eigenvalue weighted by Gasteiger charge is 2.09. The highest BCUT2D eigenvalue weighted by Crippen LogP contribution is 2.02. The smallest absolute Gasteiger partial charge is 0.277 e. The van der Waals surface area contributed by atoms with Gasteiger partial charge >= 0.3 is 0 Å². The maximum absolute atomic E-state index is 11.4. The van der Waals surface area contributed by atoms with Crippen LogP contribution >= 0.6 is 0 Å². The molecule has 1 rings (SSSR count). The van der Waals surface area contributed by atoms with Gasteiger partial charge in [-0.3, -0.25) is 4.79 Å². The van der Waals surface area contributed by atoms with E-state index in [2.05, 4.69) is 17.1 Å². The molecule has 0 aliphatic heterocycles. The van der Waals surface area contributed by atoms with Crippen molar-refractivity contribution in [3.05, 3.63) is 41.9 Å². The van der Waals surface area contributed by atoms with Crippen molar-refractivity contribution in [1.29, 1.82) is 0 Å². The molecule has 1 amide bonds. The van der Waals surface area contributed by atoms with Crippen LogP contribution in [0.25, 0.3) is 0 Å². The minimum Gasteiger partial charge on any atom is -0.361 e. The molecular weight excluding hydrogens is 180 g/mol. The zero-order valence-corrected chi connectivity index (χ0v) is 8.20. The molecule has 0 saturated heterocycles. The summed E-state index contributed by atoms with van der Waals surface area (Å²) in [5.74, 6) is 0.331. The molecule has 0 aromatic carbocycles. The van der Waals surface area contributed by atoms with Gasteiger partial charge in [-0.1, -0.05) is 17.8 Å². The first kappa shape index (κ1) is 10.2. The molecule has 4 heteroatoms. The molecule has 1 aromatic rings. The lowest BCUT2D eigenvalue weighted by molar-refractivity contribution is 0.0957. The molecule has 74 valence electrons. The average Bonchev–Trinajstić information content (AvgIpc) is 2.52. The summed E-state index contributed by atoms with van der Waals surface area (Å²) in [7, 11) is 0. The van der Waals surface area contributed by atoms with Gasteiger partial charge in [0.1, 0.15) is 5.76 Å². The molecule has 0 aliphatic carbocycles. The van der Waals surface area contributed by atoms with Gasteiger partial charge in [0.2, 0.25) is 0 Å². The van der Waals surface area contributed by atoms with Gasteiger partial charge in [-0.15, -0.1) is 0 Å². The van der Waals surface area contributed by atoms with Crippen LogP contribution < -0.4 is 5.32 Å². The normalized spacial score (nSPS) is 11.1. The highest BCUT2D eigenvalue weighted by molar-refractivity contribution is 5.93. The molecule has 1 heterocycles. The van der Waals surface area contributed by atoms with Crippen LogP contribution in [-0.4, -0.2) is 11.1 Å². The maximum Gasteiger partial charge on any atom is 0.277 e. The van der Waals surface area contributed by atoms with Crippen molar-refractivity contribution in [2.24, 2.45) is 0 Å². The second-order valence-corrected chi connectivity index (χ2v) is 2.86. The summed E-state index contributed by atoms with van der Waals surface area (Å²) in [6.07, 6.45) is 3.30. The number of hydrogen-bond acceptors (Lipinski definition) is 3. The topological polar surface area (TPSA) is 55.1 Å². The molecule has 0 spiro atoms. The minimum absolute atomic E-state index is 0.277. The van der Waals surface area contributed by atoms with Crippen LogP contribution in [0.1, 0.15) is 23.2 Å². The van der Waals surface area contributed by atoms with Gasteiger partial charge in [0.05, 0.1) is 0 Å². The number of allylic oxidation sites excluding steroid dienone is 3. The molecule has 0 atom stereocenters. The van der Waals surface area contributed by atoms with Gasteiger partial charge in [-0.25, -0.2) is 0 Å². The van der Waals surface area contributed by atoms with Crippen LogP contribution in [-0.2, 0) is 0 Å². The number of hydrogen-bond donors (Lipinski definition) is 1. The first-order valence-electron chi connectivity index (χ1n) is 4.17. The van der Waals surface area contributed by atoms with Crippen LogP contribution in [0.3, 0.4) is 0 Å². The number of amides is 1. The van der Waals surface area contributed by atoms with Gasteiger partial charge in [0.25, 0.3) is 5.91 Å². The standard InChI is InChI=1S/C10H12N2O2/c1-4-5-7(2)11-10(13)9-6-8(3)14-12-9/h4-6H,1H2,2-3H3,(H,11,13)/b7-5+.